The van der Waals surface area contributed by atoms with Crippen molar-refractivity contribution in [2.75, 3.05) is 19.6 Å². The second kappa shape index (κ2) is 5.94. The van der Waals surface area contributed by atoms with E-state index in [4.69, 9.17) is 5.11 Å². The molecule has 1 saturated heterocycles. The Kier molecular flexibility index (Phi) is 4.03. The fraction of sp³-hybridized carbons (Fsp3) is 0.562. The summed E-state index contributed by atoms with van der Waals surface area (Å²) in [6, 6.07) is 11.8. The number of rotatable bonds is 6. The van der Waals surface area contributed by atoms with Crippen LogP contribution in [0.3, 0.4) is 0 Å². The summed E-state index contributed by atoms with van der Waals surface area (Å²) in [5.41, 5.74) is 1.36. The number of nitrogens with zero attached hydrogens (tertiary/aromatic N) is 2. The van der Waals surface area contributed by atoms with Crippen LogP contribution in [0.25, 0.3) is 0 Å². The van der Waals surface area contributed by atoms with Crippen molar-refractivity contribution >= 4 is 5.97 Å². The van der Waals surface area contributed by atoms with Gasteiger partial charge in [0.15, 0.2) is 0 Å². The molecule has 1 saturated carbocycles. The molecule has 1 atom stereocenters. The topological polar surface area (TPSA) is 43.8 Å². The van der Waals surface area contributed by atoms with E-state index in [0.29, 0.717) is 12.1 Å². The molecule has 0 aromatic heterocycles. The van der Waals surface area contributed by atoms with Gasteiger partial charge in [0.05, 0.1) is 6.54 Å². The van der Waals surface area contributed by atoms with Gasteiger partial charge in [-0.3, -0.25) is 14.6 Å². The van der Waals surface area contributed by atoms with E-state index in [2.05, 4.69) is 40.1 Å². The smallest absolute Gasteiger partial charge is 0.317 e. The van der Waals surface area contributed by atoms with E-state index in [0.717, 1.165) is 26.1 Å². The first-order valence-corrected chi connectivity index (χ1v) is 7.46. The molecule has 0 bridgehead atoms. The molecule has 1 unspecified atom stereocenters. The van der Waals surface area contributed by atoms with E-state index in [9.17, 15) is 4.79 Å². The van der Waals surface area contributed by atoms with Crippen LogP contribution in [0, 0.1) is 0 Å². The van der Waals surface area contributed by atoms with Crippen molar-refractivity contribution in [3.05, 3.63) is 35.9 Å². The molecule has 4 nitrogen and oxygen atoms in total. The molecule has 1 aromatic carbocycles. The van der Waals surface area contributed by atoms with Crippen molar-refractivity contribution in [2.45, 2.75) is 37.9 Å². The van der Waals surface area contributed by atoms with Crippen LogP contribution in [0.5, 0.6) is 0 Å². The van der Waals surface area contributed by atoms with Gasteiger partial charge in [0.1, 0.15) is 0 Å². The van der Waals surface area contributed by atoms with Crippen molar-refractivity contribution in [1.29, 1.82) is 0 Å². The Morgan fingerprint density at radius 1 is 1.20 bits per heavy atom. The third kappa shape index (κ3) is 3.38. The molecule has 1 N–H and O–H groups in total. The molecule has 0 radical (unpaired) electrons. The van der Waals surface area contributed by atoms with E-state index in [1.807, 2.05) is 0 Å². The highest BCUT2D eigenvalue weighted by atomic mass is 16.4. The number of carboxylic acids is 1. The molecule has 2 aliphatic rings. The highest BCUT2D eigenvalue weighted by Crippen LogP contribution is 2.32. The van der Waals surface area contributed by atoms with Crippen molar-refractivity contribution in [3.63, 3.8) is 0 Å². The summed E-state index contributed by atoms with van der Waals surface area (Å²) in [7, 11) is 0. The molecular weight excluding hydrogens is 252 g/mol. The maximum absolute atomic E-state index is 10.8. The fourth-order valence-electron chi connectivity index (χ4n) is 3.17. The Balaban J connectivity index is 1.62. The van der Waals surface area contributed by atoms with Gasteiger partial charge in [-0.25, -0.2) is 0 Å². The molecular formula is C16H22N2O2. The van der Waals surface area contributed by atoms with Gasteiger partial charge in [0.2, 0.25) is 0 Å². The zero-order valence-electron chi connectivity index (χ0n) is 11.7. The lowest BCUT2D eigenvalue weighted by Crippen LogP contribution is -2.39. The summed E-state index contributed by atoms with van der Waals surface area (Å²) in [6.45, 7) is 2.99. The van der Waals surface area contributed by atoms with Gasteiger partial charge >= 0.3 is 5.97 Å². The van der Waals surface area contributed by atoms with Crippen molar-refractivity contribution < 1.29 is 9.90 Å². The Labute approximate surface area is 120 Å². The van der Waals surface area contributed by atoms with Gasteiger partial charge in [-0.1, -0.05) is 30.3 Å². The highest BCUT2D eigenvalue weighted by molar-refractivity contribution is 5.69. The zero-order chi connectivity index (χ0) is 13.9. The minimum atomic E-state index is -0.716. The minimum absolute atomic E-state index is 0.181. The van der Waals surface area contributed by atoms with Crippen LogP contribution in [-0.4, -0.2) is 52.6 Å². The molecule has 0 spiro atoms. The molecule has 2 fully saturated rings. The first-order valence-electron chi connectivity index (χ1n) is 7.46. The molecule has 4 heteroatoms. The predicted molar refractivity (Wildman–Crippen MR) is 77.5 cm³/mol. The SMILES string of the molecule is O=C(O)CN1CCC(N(Cc2ccccc2)C2CC2)C1. The summed E-state index contributed by atoms with van der Waals surface area (Å²) in [4.78, 5) is 15.5. The zero-order valence-corrected chi connectivity index (χ0v) is 11.7. The largest absolute Gasteiger partial charge is 0.480 e. The summed E-state index contributed by atoms with van der Waals surface area (Å²) >= 11 is 0. The standard InChI is InChI=1S/C16H22N2O2/c19-16(20)12-17-9-8-15(11-17)18(14-6-7-14)10-13-4-2-1-3-5-13/h1-5,14-15H,6-12H2,(H,19,20). The minimum Gasteiger partial charge on any atom is -0.480 e. The maximum Gasteiger partial charge on any atom is 0.317 e. The van der Waals surface area contributed by atoms with Crippen molar-refractivity contribution in [2.24, 2.45) is 0 Å². The van der Waals surface area contributed by atoms with Gasteiger partial charge in [0.25, 0.3) is 0 Å². The van der Waals surface area contributed by atoms with Gasteiger partial charge in [-0.05, 0) is 24.8 Å². The Morgan fingerprint density at radius 3 is 2.60 bits per heavy atom. The molecule has 20 heavy (non-hydrogen) atoms. The van der Waals surface area contributed by atoms with Crippen LogP contribution in [0.4, 0.5) is 0 Å². The number of aliphatic carboxylic acids is 1. The molecule has 1 heterocycles. The number of carboxylic acid groups (broad SMARTS) is 1. The first-order chi connectivity index (χ1) is 9.72. The number of carbonyl (C=O) groups is 1. The van der Waals surface area contributed by atoms with Gasteiger partial charge in [-0.2, -0.15) is 0 Å². The molecule has 3 rings (SSSR count). The van der Waals surface area contributed by atoms with Gasteiger partial charge < -0.3 is 5.11 Å². The monoisotopic (exact) mass is 274 g/mol. The lowest BCUT2D eigenvalue weighted by atomic mass is 10.1. The number of hydrogen-bond donors (Lipinski definition) is 1. The molecule has 0 amide bonds. The van der Waals surface area contributed by atoms with E-state index < -0.39 is 5.97 Å². The van der Waals surface area contributed by atoms with E-state index in [1.165, 1.54) is 18.4 Å². The Hall–Kier alpha value is -1.39. The number of hydrogen-bond acceptors (Lipinski definition) is 3. The summed E-state index contributed by atoms with van der Waals surface area (Å²) in [5, 5.41) is 8.90. The predicted octanol–water partition coefficient (Wildman–Crippen LogP) is 1.81. The first kappa shape index (κ1) is 13.6. The lowest BCUT2D eigenvalue weighted by Gasteiger charge is -2.29. The van der Waals surface area contributed by atoms with Crippen LogP contribution in [-0.2, 0) is 11.3 Å². The highest BCUT2D eigenvalue weighted by Gasteiger charge is 2.37. The van der Waals surface area contributed by atoms with Crippen LogP contribution in [0.2, 0.25) is 0 Å². The summed E-state index contributed by atoms with van der Waals surface area (Å²) < 4.78 is 0. The number of likely N-dealkylation sites (tertiary alicyclic amines) is 1. The lowest BCUT2D eigenvalue weighted by molar-refractivity contribution is -0.138. The molecule has 1 aromatic rings. The summed E-state index contributed by atoms with van der Waals surface area (Å²) in [6.07, 6.45) is 3.68. The quantitative estimate of drug-likeness (QED) is 0.859. The van der Waals surface area contributed by atoms with Crippen molar-refractivity contribution in [1.82, 2.24) is 9.80 Å². The third-order valence-electron chi connectivity index (χ3n) is 4.30. The molecule has 1 aliphatic carbocycles. The summed E-state index contributed by atoms with van der Waals surface area (Å²) in [5.74, 6) is -0.716. The van der Waals surface area contributed by atoms with Crippen LogP contribution in [0.15, 0.2) is 30.3 Å². The van der Waals surface area contributed by atoms with Crippen LogP contribution >= 0.6 is 0 Å². The van der Waals surface area contributed by atoms with E-state index >= 15 is 0 Å². The normalized spacial score (nSPS) is 23.4. The average molecular weight is 274 g/mol. The molecule has 108 valence electrons. The van der Waals surface area contributed by atoms with Crippen molar-refractivity contribution in [3.8, 4) is 0 Å². The second-order valence-corrected chi connectivity index (χ2v) is 5.96. The maximum atomic E-state index is 10.8. The molecule has 1 aliphatic heterocycles. The van der Waals surface area contributed by atoms with Crippen LogP contribution in [0.1, 0.15) is 24.8 Å². The van der Waals surface area contributed by atoms with E-state index in [-0.39, 0.29) is 6.54 Å². The average Bonchev–Trinajstić information content (AvgIpc) is 3.17. The van der Waals surface area contributed by atoms with Gasteiger partial charge in [0, 0.05) is 31.7 Å². The van der Waals surface area contributed by atoms with Crippen LogP contribution < -0.4 is 0 Å². The third-order valence-corrected chi connectivity index (χ3v) is 4.30. The van der Waals surface area contributed by atoms with Gasteiger partial charge in [-0.15, -0.1) is 0 Å². The Bertz CT molecular complexity index is 459. The number of benzene rings is 1. The van der Waals surface area contributed by atoms with E-state index in [1.54, 1.807) is 0 Å². The second-order valence-electron chi connectivity index (χ2n) is 5.96. The Morgan fingerprint density at radius 2 is 1.95 bits per heavy atom. The fourth-order valence-corrected chi connectivity index (χ4v) is 3.17.